The fraction of sp³-hybridized carbons (Fsp3) is 0.909. The molecule has 0 aromatic carbocycles. The molecule has 3 nitrogen and oxygen atoms in total. The molecule has 1 amide bonds. The Labute approximate surface area is 96.8 Å². The monoisotopic (exact) mass is 230 g/mol. The second kappa shape index (κ2) is 7.12. The molecule has 88 valence electrons. The maximum absolute atomic E-state index is 11.6. The van der Waals surface area contributed by atoms with E-state index < -0.39 is 0 Å². The van der Waals surface area contributed by atoms with Gasteiger partial charge >= 0.3 is 0 Å². The number of thioether (sulfide) groups is 1. The number of amides is 1. The Balaban J connectivity index is 2.11. The number of carbonyl (C=O) groups excluding carboxylic acids is 1. The summed E-state index contributed by atoms with van der Waals surface area (Å²) in [6, 6.07) is 0. The van der Waals surface area contributed by atoms with Gasteiger partial charge < -0.3 is 10.6 Å². The summed E-state index contributed by atoms with van der Waals surface area (Å²) in [7, 11) is 0. The van der Waals surface area contributed by atoms with Crippen molar-refractivity contribution in [3.05, 3.63) is 0 Å². The van der Waals surface area contributed by atoms with Gasteiger partial charge in [-0.25, -0.2) is 0 Å². The summed E-state index contributed by atoms with van der Waals surface area (Å²) in [6.45, 7) is 5.04. The SMILES string of the molecule is CSC(C)CNC(=O)CC1CCCNC1. The Morgan fingerprint density at radius 3 is 3.07 bits per heavy atom. The van der Waals surface area contributed by atoms with Crippen molar-refractivity contribution in [1.82, 2.24) is 10.6 Å². The summed E-state index contributed by atoms with van der Waals surface area (Å²) in [5.41, 5.74) is 0. The highest BCUT2D eigenvalue weighted by Gasteiger charge is 2.16. The molecule has 2 atom stereocenters. The van der Waals surface area contributed by atoms with Gasteiger partial charge in [-0.05, 0) is 38.1 Å². The highest BCUT2D eigenvalue weighted by Crippen LogP contribution is 2.13. The van der Waals surface area contributed by atoms with Gasteiger partial charge in [-0.15, -0.1) is 0 Å². The standard InChI is InChI=1S/C11H22N2OS/c1-9(15-2)7-13-11(14)6-10-4-3-5-12-8-10/h9-10,12H,3-8H2,1-2H3,(H,13,14). The molecule has 1 aliphatic rings. The van der Waals surface area contributed by atoms with Crippen LogP contribution in [0.1, 0.15) is 26.2 Å². The first-order chi connectivity index (χ1) is 7.22. The minimum atomic E-state index is 0.213. The molecular weight excluding hydrogens is 208 g/mol. The van der Waals surface area contributed by atoms with Gasteiger partial charge in [0.25, 0.3) is 0 Å². The van der Waals surface area contributed by atoms with Gasteiger partial charge in [0.15, 0.2) is 0 Å². The van der Waals surface area contributed by atoms with Gasteiger partial charge in [0.2, 0.25) is 5.91 Å². The van der Waals surface area contributed by atoms with Gasteiger partial charge in [-0.1, -0.05) is 6.92 Å². The average Bonchev–Trinajstić information content (AvgIpc) is 2.27. The third kappa shape index (κ3) is 5.42. The predicted octanol–water partition coefficient (Wildman–Crippen LogP) is 1.24. The second-order valence-corrected chi connectivity index (χ2v) is 5.54. The van der Waals surface area contributed by atoms with Gasteiger partial charge in [0, 0.05) is 18.2 Å². The second-order valence-electron chi connectivity index (χ2n) is 4.27. The normalized spacial score (nSPS) is 23.5. The highest BCUT2D eigenvalue weighted by atomic mass is 32.2. The highest BCUT2D eigenvalue weighted by molar-refractivity contribution is 7.99. The summed E-state index contributed by atoms with van der Waals surface area (Å²) in [6.07, 6.45) is 5.16. The molecular formula is C11H22N2OS. The third-order valence-electron chi connectivity index (χ3n) is 2.86. The summed E-state index contributed by atoms with van der Waals surface area (Å²) >= 11 is 1.79. The van der Waals surface area contributed by atoms with Crippen molar-refractivity contribution in [3.63, 3.8) is 0 Å². The van der Waals surface area contributed by atoms with Gasteiger partial charge in [0.1, 0.15) is 0 Å². The number of nitrogens with one attached hydrogen (secondary N) is 2. The van der Waals surface area contributed by atoms with E-state index in [2.05, 4.69) is 23.8 Å². The van der Waals surface area contributed by atoms with E-state index in [4.69, 9.17) is 0 Å². The van der Waals surface area contributed by atoms with Crippen molar-refractivity contribution in [2.75, 3.05) is 25.9 Å². The van der Waals surface area contributed by atoms with Gasteiger partial charge in [0.05, 0.1) is 0 Å². The molecule has 15 heavy (non-hydrogen) atoms. The summed E-state index contributed by atoms with van der Waals surface area (Å²) in [5, 5.41) is 6.84. The lowest BCUT2D eigenvalue weighted by atomic mass is 9.96. The smallest absolute Gasteiger partial charge is 0.220 e. The lowest BCUT2D eigenvalue weighted by Crippen LogP contribution is -2.35. The van der Waals surface area contributed by atoms with E-state index in [-0.39, 0.29) is 5.91 Å². The van der Waals surface area contributed by atoms with E-state index in [9.17, 15) is 4.79 Å². The fourth-order valence-corrected chi connectivity index (χ4v) is 2.02. The lowest BCUT2D eigenvalue weighted by Gasteiger charge is -2.22. The molecule has 1 fully saturated rings. The van der Waals surface area contributed by atoms with Crippen LogP contribution in [0.4, 0.5) is 0 Å². The van der Waals surface area contributed by atoms with Gasteiger partial charge in [-0.3, -0.25) is 4.79 Å². The molecule has 0 aromatic rings. The zero-order chi connectivity index (χ0) is 11.1. The van der Waals surface area contributed by atoms with Crippen LogP contribution in [-0.2, 0) is 4.79 Å². The zero-order valence-corrected chi connectivity index (χ0v) is 10.5. The number of carbonyl (C=O) groups is 1. The van der Waals surface area contributed by atoms with E-state index in [1.807, 2.05) is 0 Å². The van der Waals surface area contributed by atoms with E-state index in [0.29, 0.717) is 17.6 Å². The molecule has 0 aliphatic carbocycles. The number of piperidine rings is 1. The molecule has 1 rings (SSSR count). The summed E-state index contributed by atoms with van der Waals surface area (Å²) in [4.78, 5) is 11.6. The van der Waals surface area contributed by atoms with E-state index in [1.54, 1.807) is 11.8 Å². The van der Waals surface area contributed by atoms with E-state index in [0.717, 1.165) is 19.6 Å². The molecule has 1 heterocycles. The fourth-order valence-electron chi connectivity index (χ4n) is 1.77. The van der Waals surface area contributed by atoms with Crippen LogP contribution in [0.15, 0.2) is 0 Å². The average molecular weight is 230 g/mol. The largest absolute Gasteiger partial charge is 0.355 e. The first-order valence-corrected chi connectivity index (χ1v) is 7.01. The van der Waals surface area contributed by atoms with E-state index >= 15 is 0 Å². The molecule has 0 spiro atoms. The van der Waals surface area contributed by atoms with Gasteiger partial charge in [-0.2, -0.15) is 11.8 Å². The molecule has 1 saturated heterocycles. The van der Waals surface area contributed by atoms with Crippen molar-refractivity contribution >= 4 is 17.7 Å². The van der Waals surface area contributed by atoms with Crippen LogP contribution in [0.3, 0.4) is 0 Å². The maximum Gasteiger partial charge on any atom is 0.220 e. The zero-order valence-electron chi connectivity index (χ0n) is 9.71. The Hall–Kier alpha value is -0.220. The molecule has 0 aromatic heterocycles. The first-order valence-electron chi connectivity index (χ1n) is 5.72. The molecule has 2 N–H and O–H groups in total. The third-order valence-corrected chi connectivity index (χ3v) is 3.83. The quantitative estimate of drug-likeness (QED) is 0.747. The lowest BCUT2D eigenvalue weighted by molar-refractivity contribution is -0.122. The predicted molar refractivity (Wildman–Crippen MR) is 66.2 cm³/mol. The Morgan fingerprint density at radius 1 is 1.67 bits per heavy atom. The number of rotatable bonds is 5. The van der Waals surface area contributed by atoms with Crippen LogP contribution in [0.25, 0.3) is 0 Å². The van der Waals surface area contributed by atoms with Crippen molar-refractivity contribution in [2.24, 2.45) is 5.92 Å². The molecule has 0 saturated carbocycles. The van der Waals surface area contributed by atoms with Crippen LogP contribution in [0, 0.1) is 5.92 Å². The van der Waals surface area contributed by atoms with Crippen LogP contribution in [-0.4, -0.2) is 37.0 Å². The molecule has 0 radical (unpaired) electrons. The van der Waals surface area contributed by atoms with Crippen LogP contribution in [0.2, 0.25) is 0 Å². The van der Waals surface area contributed by atoms with Crippen molar-refractivity contribution in [1.29, 1.82) is 0 Å². The van der Waals surface area contributed by atoms with Crippen molar-refractivity contribution in [2.45, 2.75) is 31.4 Å². The maximum atomic E-state index is 11.6. The van der Waals surface area contributed by atoms with Crippen LogP contribution >= 0.6 is 11.8 Å². The number of hydrogen-bond acceptors (Lipinski definition) is 3. The Morgan fingerprint density at radius 2 is 2.47 bits per heavy atom. The molecule has 2 unspecified atom stereocenters. The first kappa shape index (κ1) is 12.8. The minimum absolute atomic E-state index is 0.213. The summed E-state index contributed by atoms with van der Waals surface area (Å²) < 4.78 is 0. The Kier molecular flexibility index (Phi) is 6.10. The van der Waals surface area contributed by atoms with Crippen LogP contribution < -0.4 is 10.6 Å². The van der Waals surface area contributed by atoms with Crippen LogP contribution in [0.5, 0.6) is 0 Å². The Bertz CT molecular complexity index is 193. The molecule has 0 bridgehead atoms. The van der Waals surface area contributed by atoms with Crippen molar-refractivity contribution in [3.8, 4) is 0 Å². The topological polar surface area (TPSA) is 41.1 Å². The number of hydrogen-bond donors (Lipinski definition) is 2. The summed E-state index contributed by atoms with van der Waals surface area (Å²) in [5.74, 6) is 0.757. The van der Waals surface area contributed by atoms with Crippen molar-refractivity contribution < 1.29 is 4.79 Å². The minimum Gasteiger partial charge on any atom is -0.355 e. The molecule has 4 heteroatoms. The molecule has 1 aliphatic heterocycles. The van der Waals surface area contributed by atoms with E-state index in [1.165, 1.54) is 12.8 Å².